The van der Waals surface area contributed by atoms with Gasteiger partial charge < -0.3 is 9.16 Å². The van der Waals surface area contributed by atoms with Crippen LogP contribution in [0.5, 0.6) is 0 Å². The molecule has 0 aromatic carbocycles. The van der Waals surface area contributed by atoms with Gasteiger partial charge in [0.1, 0.15) is 5.78 Å². The minimum atomic E-state index is -1.78. The van der Waals surface area contributed by atoms with Crippen LogP contribution in [0.25, 0.3) is 0 Å². The van der Waals surface area contributed by atoms with Crippen LogP contribution in [0.3, 0.4) is 0 Å². The SMILES string of the molecule is CCCCCC(CCC1CCC(=O)C1CCCCCCC(=O)OC)O[Si](C)(C)C(C)(C)C. The number of carbonyl (C=O) groups is 2. The summed E-state index contributed by atoms with van der Waals surface area (Å²) in [6, 6.07) is 0. The van der Waals surface area contributed by atoms with Gasteiger partial charge in [-0.1, -0.05) is 66.2 Å². The number of methoxy groups -OCH3 is 1. The molecule has 32 heavy (non-hydrogen) atoms. The van der Waals surface area contributed by atoms with E-state index in [0.29, 0.717) is 24.2 Å². The van der Waals surface area contributed by atoms with E-state index in [1.165, 1.54) is 26.4 Å². The number of hydrogen-bond donors (Lipinski definition) is 0. The van der Waals surface area contributed by atoms with Crippen LogP contribution >= 0.6 is 0 Å². The maximum atomic E-state index is 12.6. The second-order valence-electron chi connectivity index (χ2n) is 11.5. The van der Waals surface area contributed by atoms with Gasteiger partial charge in [-0.05, 0) is 62.6 Å². The van der Waals surface area contributed by atoms with Crippen molar-refractivity contribution in [2.24, 2.45) is 11.8 Å². The van der Waals surface area contributed by atoms with E-state index >= 15 is 0 Å². The van der Waals surface area contributed by atoms with E-state index in [9.17, 15) is 9.59 Å². The number of Topliss-reactive ketones (excluding diaryl/α,β-unsaturated/α-hetero) is 1. The van der Waals surface area contributed by atoms with E-state index in [-0.39, 0.29) is 16.9 Å². The summed E-state index contributed by atoms with van der Waals surface area (Å²) in [6.07, 6.45) is 15.0. The maximum Gasteiger partial charge on any atom is 0.305 e. The second-order valence-corrected chi connectivity index (χ2v) is 16.2. The Morgan fingerprint density at radius 2 is 1.72 bits per heavy atom. The largest absolute Gasteiger partial charge is 0.469 e. The monoisotopic (exact) mass is 468 g/mol. The molecular formula is C27H52O4Si. The summed E-state index contributed by atoms with van der Waals surface area (Å²) in [5, 5.41) is 0.232. The summed E-state index contributed by atoms with van der Waals surface area (Å²) in [5.74, 6) is 1.15. The van der Waals surface area contributed by atoms with Crippen molar-refractivity contribution < 1.29 is 18.8 Å². The van der Waals surface area contributed by atoms with Gasteiger partial charge >= 0.3 is 5.97 Å². The van der Waals surface area contributed by atoms with Gasteiger partial charge in [-0.15, -0.1) is 0 Å². The molecule has 3 atom stereocenters. The van der Waals surface area contributed by atoms with Gasteiger partial charge in [0.15, 0.2) is 8.32 Å². The molecule has 3 unspecified atom stereocenters. The third kappa shape index (κ3) is 10.5. The molecule has 1 rings (SSSR count). The molecule has 0 aliphatic heterocycles. The Bertz CT molecular complexity index is 552. The van der Waals surface area contributed by atoms with Crippen molar-refractivity contribution in [3.05, 3.63) is 0 Å². The number of esters is 1. The normalized spacial score (nSPS) is 20.5. The Labute approximate surface area is 199 Å². The predicted molar refractivity (Wildman–Crippen MR) is 136 cm³/mol. The van der Waals surface area contributed by atoms with Gasteiger partial charge in [0.05, 0.1) is 7.11 Å². The fourth-order valence-electron chi connectivity index (χ4n) is 4.69. The van der Waals surface area contributed by atoms with Crippen LogP contribution in [0.15, 0.2) is 0 Å². The highest BCUT2D eigenvalue weighted by molar-refractivity contribution is 6.74. The Morgan fingerprint density at radius 1 is 1.03 bits per heavy atom. The fourth-order valence-corrected chi connectivity index (χ4v) is 6.11. The Kier molecular flexibility index (Phi) is 13.3. The minimum absolute atomic E-state index is 0.121. The highest BCUT2D eigenvalue weighted by Gasteiger charge is 2.40. The zero-order chi connectivity index (χ0) is 24.2. The Balaban J connectivity index is 2.53. The topological polar surface area (TPSA) is 52.6 Å². The van der Waals surface area contributed by atoms with Crippen LogP contribution in [-0.4, -0.2) is 33.3 Å². The maximum absolute atomic E-state index is 12.6. The van der Waals surface area contributed by atoms with Crippen LogP contribution in [-0.2, 0) is 18.8 Å². The summed E-state index contributed by atoms with van der Waals surface area (Å²) in [7, 11) is -0.336. The lowest BCUT2D eigenvalue weighted by molar-refractivity contribution is -0.140. The molecule has 0 saturated heterocycles. The predicted octanol–water partition coefficient (Wildman–Crippen LogP) is 7.85. The van der Waals surface area contributed by atoms with Crippen molar-refractivity contribution >= 4 is 20.1 Å². The van der Waals surface area contributed by atoms with Crippen LogP contribution in [0.2, 0.25) is 18.1 Å². The molecule has 1 aliphatic rings. The first-order valence-corrected chi connectivity index (χ1v) is 16.2. The molecule has 0 spiro atoms. The zero-order valence-electron chi connectivity index (χ0n) is 22.3. The quantitative estimate of drug-likeness (QED) is 0.131. The zero-order valence-corrected chi connectivity index (χ0v) is 23.3. The molecule has 0 amide bonds. The molecule has 0 aromatic rings. The van der Waals surface area contributed by atoms with Crippen molar-refractivity contribution in [3.63, 3.8) is 0 Å². The van der Waals surface area contributed by atoms with Crippen molar-refractivity contribution in [1.29, 1.82) is 0 Å². The first-order valence-electron chi connectivity index (χ1n) is 13.3. The smallest absolute Gasteiger partial charge is 0.305 e. The molecule has 0 N–H and O–H groups in total. The number of rotatable bonds is 16. The lowest BCUT2D eigenvalue weighted by atomic mass is 9.86. The summed E-state index contributed by atoms with van der Waals surface area (Å²) in [6.45, 7) is 13.9. The molecule has 0 aromatic heterocycles. The van der Waals surface area contributed by atoms with E-state index in [1.807, 2.05) is 0 Å². The molecule has 0 radical (unpaired) electrons. The van der Waals surface area contributed by atoms with Gasteiger partial charge in [-0.2, -0.15) is 0 Å². The second kappa shape index (κ2) is 14.6. The molecule has 1 fully saturated rings. The lowest BCUT2D eigenvalue weighted by Crippen LogP contribution is -2.44. The van der Waals surface area contributed by atoms with Gasteiger partial charge in [0, 0.05) is 24.9 Å². The summed E-state index contributed by atoms with van der Waals surface area (Å²) in [4.78, 5) is 23.8. The highest BCUT2D eigenvalue weighted by Crippen LogP contribution is 2.40. The molecule has 1 saturated carbocycles. The first kappa shape index (κ1) is 29.3. The molecule has 188 valence electrons. The molecule has 4 nitrogen and oxygen atoms in total. The standard InChI is InChI=1S/C27H52O4Si/c1-8-9-12-15-23(31-32(6,7)27(2,3)4)20-18-22-19-21-25(28)24(22)16-13-10-11-14-17-26(29)30-5/h22-24H,8-21H2,1-7H3. The van der Waals surface area contributed by atoms with E-state index < -0.39 is 8.32 Å². The van der Waals surface area contributed by atoms with Gasteiger partial charge in [0.2, 0.25) is 0 Å². The van der Waals surface area contributed by atoms with Crippen LogP contribution < -0.4 is 0 Å². The number of unbranched alkanes of at least 4 members (excludes halogenated alkanes) is 5. The van der Waals surface area contributed by atoms with E-state index in [0.717, 1.165) is 64.2 Å². The van der Waals surface area contributed by atoms with Crippen molar-refractivity contribution in [3.8, 4) is 0 Å². The third-order valence-electron chi connectivity index (χ3n) is 7.87. The summed E-state index contributed by atoms with van der Waals surface area (Å²) >= 11 is 0. The summed E-state index contributed by atoms with van der Waals surface area (Å²) < 4.78 is 11.5. The molecule has 0 heterocycles. The van der Waals surface area contributed by atoms with Crippen molar-refractivity contribution in [1.82, 2.24) is 0 Å². The first-order chi connectivity index (χ1) is 15.0. The average Bonchev–Trinajstić information content (AvgIpc) is 3.07. The molecule has 1 aliphatic carbocycles. The van der Waals surface area contributed by atoms with E-state index in [4.69, 9.17) is 9.16 Å². The Hall–Kier alpha value is -0.683. The van der Waals surface area contributed by atoms with E-state index in [1.54, 1.807) is 0 Å². The van der Waals surface area contributed by atoms with Crippen LogP contribution in [0.1, 0.15) is 118 Å². The average molecular weight is 469 g/mol. The number of hydrogen-bond acceptors (Lipinski definition) is 4. The third-order valence-corrected chi connectivity index (χ3v) is 12.4. The van der Waals surface area contributed by atoms with Gasteiger partial charge in [-0.3, -0.25) is 9.59 Å². The van der Waals surface area contributed by atoms with Gasteiger partial charge in [-0.25, -0.2) is 0 Å². The Morgan fingerprint density at radius 3 is 2.34 bits per heavy atom. The fraction of sp³-hybridized carbons (Fsp3) is 0.926. The number of ketones is 1. The summed E-state index contributed by atoms with van der Waals surface area (Å²) in [5.41, 5.74) is 0. The minimum Gasteiger partial charge on any atom is -0.469 e. The number of ether oxygens (including phenoxy) is 1. The molecule has 0 bridgehead atoms. The van der Waals surface area contributed by atoms with Crippen molar-refractivity contribution in [2.75, 3.05) is 7.11 Å². The van der Waals surface area contributed by atoms with Gasteiger partial charge in [0.25, 0.3) is 0 Å². The van der Waals surface area contributed by atoms with Crippen LogP contribution in [0, 0.1) is 11.8 Å². The van der Waals surface area contributed by atoms with E-state index in [2.05, 4.69) is 40.8 Å². The number of carbonyl (C=O) groups excluding carboxylic acids is 2. The van der Waals surface area contributed by atoms with Crippen LogP contribution in [0.4, 0.5) is 0 Å². The molecule has 5 heteroatoms. The lowest BCUT2D eigenvalue weighted by Gasteiger charge is -2.39. The highest BCUT2D eigenvalue weighted by atomic mass is 28.4. The molecular weight excluding hydrogens is 416 g/mol. The van der Waals surface area contributed by atoms with Crippen molar-refractivity contribution in [2.45, 2.75) is 142 Å².